The highest BCUT2D eigenvalue weighted by molar-refractivity contribution is 7.87. The van der Waals surface area contributed by atoms with Crippen molar-refractivity contribution in [1.82, 2.24) is 0 Å². The highest BCUT2D eigenvalue weighted by Crippen LogP contribution is 2.38. The third-order valence-corrected chi connectivity index (χ3v) is 4.35. The second kappa shape index (κ2) is 6.79. The topological polar surface area (TPSA) is 61.8 Å². The predicted molar refractivity (Wildman–Crippen MR) is 78.8 cm³/mol. The summed E-state index contributed by atoms with van der Waals surface area (Å²) >= 11 is 0. The maximum absolute atomic E-state index is 14.1. The molecule has 0 saturated heterocycles. The van der Waals surface area contributed by atoms with Crippen molar-refractivity contribution >= 4 is 10.1 Å². The number of ether oxygens (including phenoxy) is 2. The summed E-state index contributed by atoms with van der Waals surface area (Å²) in [7, 11) is -2.50. The van der Waals surface area contributed by atoms with Crippen molar-refractivity contribution in [2.75, 3.05) is 14.2 Å². The van der Waals surface area contributed by atoms with Crippen molar-refractivity contribution in [2.45, 2.75) is 11.1 Å². The normalized spacial score (nSPS) is 11.9. The third kappa shape index (κ3) is 3.95. The van der Waals surface area contributed by atoms with E-state index in [0.717, 1.165) is 30.3 Å². The number of methoxy groups -OCH3 is 2. The number of hydrogen-bond donors (Lipinski definition) is 0. The van der Waals surface area contributed by atoms with Crippen LogP contribution >= 0.6 is 0 Å². The highest BCUT2D eigenvalue weighted by Gasteiger charge is 2.36. The second-order valence-electron chi connectivity index (χ2n) is 4.67. The smallest absolute Gasteiger partial charge is 0.420 e. The first kappa shape index (κ1) is 18.8. The molecule has 10 heteroatoms. The Hall–Kier alpha value is -2.49. The average molecular weight is 380 g/mol. The van der Waals surface area contributed by atoms with E-state index in [1.54, 1.807) is 0 Å². The van der Waals surface area contributed by atoms with Crippen LogP contribution in [0.15, 0.2) is 41.3 Å². The van der Waals surface area contributed by atoms with Crippen LogP contribution in [-0.2, 0) is 16.3 Å². The molecule has 0 aliphatic rings. The maximum atomic E-state index is 14.1. The Bertz CT molecular complexity index is 878. The molecular formula is C15H12F4O5S. The van der Waals surface area contributed by atoms with Crippen LogP contribution < -0.4 is 13.7 Å². The van der Waals surface area contributed by atoms with Crippen LogP contribution in [-0.4, -0.2) is 22.6 Å². The molecule has 0 radical (unpaired) electrons. The minimum absolute atomic E-state index is 0.0883. The fraction of sp³-hybridized carbons (Fsp3) is 0.200. The molecule has 0 unspecified atom stereocenters. The Morgan fingerprint density at radius 3 is 2.04 bits per heavy atom. The van der Waals surface area contributed by atoms with Gasteiger partial charge in [0.05, 0.1) is 19.8 Å². The molecular weight excluding hydrogens is 368 g/mol. The molecule has 0 aliphatic carbocycles. The summed E-state index contributed by atoms with van der Waals surface area (Å²) in [6.07, 6.45) is -4.84. The number of para-hydroxylation sites is 1. The zero-order valence-electron chi connectivity index (χ0n) is 12.9. The Balaban J connectivity index is 2.52. The lowest BCUT2D eigenvalue weighted by atomic mass is 10.2. The maximum Gasteiger partial charge on any atom is 0.420 e. The van der Waals surface area contributed by atoms with Gasteiger partial charge >= 0.3 is 16.3 Å². The van der Waals surface area contributed by atoms with Crippen molar-refractivity contribution in [3.05, 3.63) is 47.8 Å². The molecule has 0 bridgehead atoms. The zero-order chi connectivity index (χ0) is 18.8. The fourth-order valence-electron chi connectivity index (χ4n) is 1.96. The fourth-order valence-corrected chi connectivity index (χ4v) is 2.98. The minimum Gasteiger partial charge on any atom is -0.493 e. The molecule has 0 fully saturated rings. The molecule has 5 nitrogen and oxygen atoms in total. The number of halogens is 4. The Labute approximate surface area is 140 Å². The van der Waals surface area contributed by atoms with Gasteiger partial charge in [0.25, 0.3) is 0 Å². The largest absolute Gasteiger partial charge is 0.493 e. The quantitative estimate of drug-likeness (QED) is 0.586. The van der Waals surface area contributed by atoms with Gasteiger partial charge in [0, 0.05) is 12.1 Å². The molecule has 0 aliphatic heterocycles. The molecule has 25 heavy (non-hydrogen) atoms. The van der Waals surface area contributed by atoms with Crippen molar-refractivity contribution in [2.24, 2.45) is 0 Å². The molecule has 2 aromatic rings. The molecule has 2 rings (SSSR count). The van der Waals surface area contributed by atoms with E-state index in [9.17, 15) is 26.0 Å². The number of alkyl halides is 3. The average Bonchev–Trinajstić information content (AvgIpc) is 2.53. The number of benzene rings is 2. The van der Waals surface area contributed by atoms with Crippen molar-refractivity contribution < 1.29 is 39.6 Å². The van der Waals surface area contributed by atoms with E-state index in [0.29, 0.717) is 6.07 Å². The highest BCUT2D eigenvalue weighted by atomic mass is 32.2. The number of hydrogen-bond acceptors (Lipinski definition) is 5. The van der Waals surface area contributed by atoms with Crippen molar-refractivity contribution in [3.8, 4) is 17.2 Å². The van der Waals surface area contributed by atoms with Crippen LogP contribution in [0.25, 0.3) is 0 Å². The monoisotopic (exact) mass is 380 g/mol. The minimum atomic E-state index is -4.89. The van der Waals surface area contributed by atoms with Crippen LogP contribution in [0.2, 0.25) is 0 Å². The van der Waals surface area contributed by atoms with Crippen molar-refractivity contribution in [3.63, 3.8) is 0 Å². The van der Waals surface area contributed by atoms with Crippen LogP contribution in [0.4, 0.5) is 17.6 Å². The summed E-state index contributed by atoms with van der Waals surface area (Å²) in [5.74, 6) is -2.45. The third-order valence-electron chi connectivity index (χ3n) is 3.10. The molecule has 136 valence electrons. The van der Waals surface area contributed by atoms with Gasteiger partial charge in [-0.2, -0.15) is 21.6 Å². The predicted octanol–water partition coefficient (Wildman–Crippen LogP) is 3.63. The molecule has 0 saturated carbocycles. The van der Waals surface area contributed by atoms with Gasteiger partial charge in [0.1, 0.15) is 10.7 Å². The van der Waals surface area contributed by atoms with Gasteiger partial charge in [-0.15, -0.1) is 0 Å². The zero-order valence-corrected chi connectivity index (χ0v) is 13.7. The Morgan fingerprint density at radius 2 is 1.48 bits per heavy atom. The van der Waals surface area contributed by atoms with Gasteiger partial charge in [-0.1, -0.05) is 12.1 Å². The SMILES string of the molecule is COc1cc(F)c(S(=O)(=O)Oc2ccccc2C(F)(F)F)cc1OC. The molecule has 0 N–H and O–H groups in total. The summed E-state index contributed by atoms with van der Waals surface area (Å²) in [6, 6.07) is 5.18. The van der Waals surface area contributed by atoms with Crippen molar-refractivity contribution in [1.29, 1.82) is 0 Å². The van der Waals surface area contributed by atoms with E-state index in [2.05, 4.69) is 4.18 Å². The molecule has 0 amide bonds. The van der Waals surface area contributed by atoms with Crippen LogP contribution in [0.1, 0.15) is 5.56 Å². The first-order valence-corrected chi connectivity index (χ1v) is 8.03. The summed E-state index contributed by atoms with van der Waals surface area (Å²) in [5.41, 5.74) is -1.31. The van der Waals surface area contributed by atoms with Gasteiger partial charge in [-0.05, 0) is 12.1 Å². The second-order valence-corrected chi connectivity index (χ2v) is 6.18. The van der Waals surface area contributed by atoms with Gasteiger partial charge in [0.2, 0.25) is 0 Å². The molecule has 0 atom stereocenters. The van der Waals surface area contributed by atoms with E-state index in [1.165, 1.54) is 14.2 Å². The van der Waals surface area contributed by atoms with E-state index in [4.69, 9.17) is 9.47 Å². The van der Waals surface area contributed by atoms with Gasteiger partial charge in [-0.25, -0.2) is 4.39 Å². The molecule has 0 aromatic heterocycles. The summed E-state index contributed by atoms with van der Waals surface area (Å²) in [6.45, 7) is 0. The Morgan fingerprint density at radius 1 is 0.920 bits per heavy atom. The summed E-state index contributed by atoms with van der Waals surface area (Å²) in [4.78, 5) is -0.984. The first-order chi connectivity index (χ1) is 11.6. The summed E-state index contributed by atoms with van der Waals surface area (Å²) < 4.78 is 91.6. The van der Waals surface area contributed by atoms with Gasteiger partial charge < -0.3 is 13.7 Å². The van der Waals surface area contributed by atoms with Crippen LogP contribution in [0, 0.1) is 5.82 Å². The van der Waals surface area contributed by atoms with E-state index in [-0.39, 0.29) is 11.5 Å². The number of rotatable bonds is 5. The van der Waals surface area contributed by atoms with Gasteiger partial charge in [0.15, 0.2) is 17.2 Å². The molecule has 0 heterocycles. The molecule has 2 aromatic carbocycles. The van der Waals surface area contributed by atoms with Crippen LogP contribution in [0.5, 0.6) is 17.2 Å². The van der Waals surface area contributed by atoms with E-state index >= 15 is 0 Å². The van der Waals surface area contributed by atoms with Crippen LogP contribution in [0.3, 0.4) is 0 Å². The van der Waals surface area contributed by atoms with Gasteiger partial charge in [-0.3, -0.25) is 0 Å². The van der Waals surface area contributed by atoms with E-state index < -0.39 is 38.3 Å². The van der Waals surface area contributed by atoms with E-state index in [1.807, 2.05) is 0 Å². The lowest BCUT2D eigenvalue weighted by molar-refractivity contribution is -0.138. The Kier molecular flexibility index (Phi) is 5.12. The lowest BCUT2D eigenvalue weighted by Crippen LogP contribution is -2.15. The first-order valence-electron chi connectivity index (χ1n) is 6.62. The standard InChI is InChI=1S/C15H12F4O5S/c1-22-12-7-10(16)14(8-13(12)23-2)25(20,21)24-11-6-4-3-5-9(11)15(17,18)19/h3-8H,1-2H3. The summed E-state index contributed by atoms with van der Waals surface area (Å²) in [5, 5.41) is 0. The lowest BCUT2D eigenvalue weighted by Gasteiger charge is -2.15. The molecule has 0 spiro atoms.